The first-order chi connectivity index (χ1) is 14.7. The zero-order valence-electron chi connectivity index (χ0n) is 17.1. The van der Waals surface area contributed by atoms with Crippen molar-refractivity contribution in [2.24, 2.45) is 0 Å². The van der Waals surface area contributed by atoms with E-state index in [-0.39, 0.29) is 5.78 Å². The molecule has 0 aliphatic rings. The Morgan fingerprint density at radius 1 is 1.13 bits per heavy atom. The van der Waals surface area contributed by atoms with E-state index in [1.807, 2.05) is 60.8 Å². The van der Waals surface area contributed by atoms with Crippen molar-refractivity contribution in [2.75, 3.05) is 6.61 Å². The van der Waals surface area contributed by atoms with E-state index in [2.05, 4.69) is 11.9 Å². The molecule has 0 amide bonds. The number of allylic oxidation sites excluding steroid dienone is 1. The Balaban J connectivity index is 1.69. The van der Waals surface area contributed by atoms with Crippen molar-refractivity contribution in [1.82, 2.24) is 4.98 Å². The van der Waals surface area contributed by atoms with Crippen LogP contribution < -0.4 is 4.74 Å². The number of rotatable bonds is 8. The van der Waals surface area contributed by atoms with Gasteiger partial charge in [0.15, 0.2) is 11.4 Å². The first-order valence-electron chi connectivity index (χ1n) is 10.0. The molecule has 0 radical (unpaired) electrons. The van der Waals surface area contributed by atoms with Crippen molar-refractivity contribution in [2.45, 2.75) is 26.7 Å². The maximum atomic E-state index is 13.4. The molecule has 0 saturated carbocycles. The molecule has 2 aromatic heterocycles. The van der Waals surface area contributed by atoms with Gasteiger partial charge in [-0.05, 0) is 72.8 Å². The third kappa shape index (κ3) is 4.36. The Morgan fingerprint density at radius 2 is 1.93 bits per heavy atom. The Morgan fingerprint density at radius 3 is 2.63 bits per heavy atom. The number of thiophene rings is 1. The van der Waals surface area contributed by atoms with Gasteiger partial charge in [0.2, 0.25) is 5.89 Å². The van der Waals surface area contributed by atoms with Crippen LogP contribution in [-0.2, 0) is 0 Å². The fraction of sp³-hybridized carbons (Fsp3) is 0.200. The van der Waals surface area contributed by atoms with Crippen molar-refractivity contribution < 1.29 is 13.9 Å². The first kappa shape index (κ1) is 20.1. The number of ketones is 1. The summed E-state index contributed by atoms with van der Waals surface area (Å²) in [5, 5.41) is 2.01. The van der Waals surface area contributed by atoms with E-state index in [9.17, 15) is 4.79 Å². The number of nitrogens with zero attached hydrogens (tertiary/aromatic N) is 1. The van der Waals surface area contributed by atoms with Gasteiger partial charge in [-0.25, -0.2) is 4.98 Å². The number of aryl methyl sites for hydroxylation is 1. The second-order valence-corrected chi connectivity index (χ2v) is 8.02. The molecular weight excluding hydrogens is 394 g/mol. The Bertz CT molecular complexity index is 1150. The molecule has 0 bridgehead atoms. The number of benzene rings is 2. The first-order valence-corrected chi connectivity index (χ1v) is 10.9. The van der Waals surface area contributed by atoms with Gasteiger partial charge in [0.1, 0.15) is 11.3 Å². The monoisotopic (exact) mass is 417 g/mol. The summed E-state index contributed by atoms with van der Waals surface area (Å²) >= 11 is 1.59. The lowest BCUT2D eigenvalue weighted by atomic mass is 10.0. The zero-order chi connectivity index (χ0) is 20.9. The number of Topliss-reactive ketones (excluding diaryl/α,β-unsaturated/α-hetero) is 1. The quantitative estimate of drug-likeness (QED) is 0.180. The number of carbonyl (C=O) groups excluding carboxylic acids is 1. The van der Waals surface area contributed by atoms with Crippen molar-refractivity contribution in [3.63, 3.8) is 0 Å². The summed E-state index contributed by atoms with van der Waals surface area (Å²) < 4.78 is 11.6. The van der Waals surface area contributed by atoms with Crippen LogP contribution in [0.15, 0.2) is 64.4 Å². The van der Waals surface area contributed by atoms with Crippen LogP contribution in [0.3, 0.4) is 0 Å². The van der Waals surface area contributed by atoms with E-state index in [4.69, 9.17) is 9.15 Å². The van der Waals surface area contributed by atoms with Gasteiger partial charge < -0.3 is 9.15 Å². The van der Waals surface area contributed by atoms with Gasteiger partial charge in [-0.2, -0.15) is 0 Å². The van der Waals surface area contributed by atoms with Gasteiger partial charge in [0.05, 0.1) is 12.2 Å². The topological polar surface area (TPSA) is 52.3 Å². The maximum absolute atomic E-state index is 13.4. The van der Waals surface area contributed by atoms with E-state index in [1.54, 1.807) is 23.5 Å². The van der Waals surface area contributed by atoms with E-state index in [0.29, 0.717) is 29.2 Å². The molecular formula is C25H23NO3S. The molecule has 4 nitrogen and oxygen atoms in total. The molecule has 0 saturated heterocycles. The number of hydrogen-bond acceptors (Lipinski definition) is 5. The zero-order valence-corrected chi connectivity index (χ0v) is 17.9. The predicted molar refractivity (Wildman–Crippen MR) is 122 cm³/mol. The Labute approximate surface area is 179 Å². The maximum Gasteiger partial charge on any atom is 0.231 e. The molecule has 2 aromatic carbocycles. The van der Waals surface area contributed by atoms with E-state index in [0.717, 1.165) is 34.5 Å². The second kappa shape index (κ2) is 9.09. The second-order valence-electron chi connectivity index (χ2n) is 7.07. The summed E-state index contributed by atoms with van der Waals surface area (Å²) in [6, 6.07) is 16.8. The number of hydrogen-bond donors (Lipinski definition) is 0. The number of para-hydroxylation sites is 2. The molecule has 0 N–H and O–H groups in total. The number of fused-ring (bicyclic) bond motifs is 1. The molecule has 0 fully saturated rings. The third-order valence-corrected chi connectivity index (χ3v) is 5.80. The largest absolute Gasteiger partial charge is 0.494 e. The lowest BCUT2D eigenvalue weighted by Crippen LogP contribution is -2.04. The molecule has 2 heterocycles. The average Bonchev–Trinajstić information content (AvgIpc) is 3.38. The highest BCUT2D eigenvalue weighted by atomic mass is 32.1. The van der Waals surface area contributed by atoms with Crippen LogP contribution in [0.2, 0.25) is 0 Å². The standard InChI is InChI=1S/C25H23NO3S/c1-3-4-14-28-19-11-9-18(10-12-19)24(27)20(16-23-17(2)13-15-30-23)25-26-21-7-5-6-8-22(21)29-25/h5-13,15-16H,3-4,14H2,1-2H3. The lowest BCUT2D eigenvalue weighted by Gasteiger charge is -2.07. The molecule has 0 atom stereocenters. The number of carbonyl (C=O) groups is 1. The van der Waals surface area contributed by atoms with Crippen molar-refractivity contribution >= 4 is 39.9 Å². The summed E-state index contributed by atoms with van der Waals surface area (Å²) in [6.45, 7) is 4.83. The molecule has 0 unspecified atom stereocenters. The lowest BCUT2D eigenvalue weighted by molar-refractivity contribution is 0.105. The molecule has 5 heteroatoms. The minimum absolute atomic E-state index is 0.130. The number of aromatic nitrogens is 1. The molecule has 4 rings (SSSR count). The molecule has 0 aliphatic heterocycles. The van der Waals surface area contributed by atoms with Crippen LogP contribution in [0.1, 0.15) is 46.5 Å². The minimum atomic E-state index is -0.130. The van der Waals surface area contributed by atoms with Crippen molar-refractivity contribution in [3.8, 4) is 5.75 Å². The molecule has 0 spiro atoms. The fourth-order valence-electron chi connectivity index (χ4n) is 3.07. The summed E-state index contributed by atoms with van der Waals surface area (Å²) in [4.78, 5) is 19.0. The molecule has 152 valence electrons. The fourth-order valence-corrected chi connectivity index (χ4v) is 3.93. The van der Waals surface area contributed by atoms with E-state index >= 15 is 0 Å². The predicted octanol–water partition coefficient (Wildman–Crippen LogP) is 6.80. The molecule has 30 heavy (non-hydrogen) atoms. The summed E-state index contributed by atoms with van der Waals surface area (Å²) in [7, 11) is 0. The summed E-state index contributed by atoms with van der Waals surface area (Å²) in [6.07, 6.45) is 3.96. The van der Waals surface area contributed by atoms with Gasteiger partial charge in [-0.1, -0.05) is 25.5 Å². The highest BCUT2D eigenvalue weighted by Crippen LogP contribution is 2.29. The molecule has 0 aliphatic carbocycles. The Kier molecular flexibility index (Phi) is 6.10. The van der Waals surface area contributed by atoms with E-state index in [1.165, 1.54) is 0 Å². The van der Waals surface area contributed by atoms with Gasteiger partial charge in [-0.15, -0.1) is 11.3 Å². The summed E-state index contributed by atoms with van der Waals surface area (Å²) in [5.74, 6) is 0.966. The normalized spacial score (nSPS) is 11.7. The van der Waals surface area contributed by atoms with Gasteiger partial charge >= 0.3 is 0 Å². The van der Waals surface area contributed by atoms with E-state index < -0.39 is 0 Å². The van der Waals surface area contributed by atoms with Crippen molar-refractivity contribution in [3.05, 3.63) is 81.9 Å². The van der Waals surface area contributed by atoms with Gasteiger partial charge in [0, 0.05) is 10.4 Å². The minimum Gasteiger partial charge on any atom is -0.494 e. The van der Waals surface area contributed by atoms with Crippen molar-refractivity contribution in [1.29, 1.82) is 0 Å². The number of ether oxygens (including phenoxy) is 1. The molecule has 4 aromatic rings. The highest BCUT2D eigenvalue weighted by molar-refractivity contribution is 7.11. The van der Waals surface area contributed by atoms with Crippen LogP contribution in [-0.4, -0.2) is 17.4 Å². The van der Waals surface area contributed by atoms with Crippen LogP contribution >= 0.6 is 11.3 Å². The Hall–Kier alpha value is -3.18. The average molecular weight is 418 g/mol. The summed E-state index contributed by atoms with van der Waals surface area (Å²) in [5.41, 5.74) is 3.51. The van der Waals surface area contributed by atoms with Gasteiger partial charge in [0.25, 0.3) is 0 Å². The number of oxazole rings is 1. The highest BCUT2D eigenvalue weighted by Gasteiger charge is 2.21. The van der Waals surface area contributed by atoms with Crippen LogP contribution in [0.4, 0.5) is 0 Å². The van der Waals surface area contributed by atoms with Crippen LogP contribution in [0.5, 0.6) is 5.75 Å². The van der Waals surface area contributed by atoms with Crippen LogP contribution in [0, 0.1) is 6.92 Å². The van der Waals surface area contributed by atoms with Crippen LogP contribution in [0.25, 0.3) is 22.7 Å². The SMILES string of the molecule is CCCCOc1ccc(C(=O)C(=Cc2sccc2C)c2nc3ccccc3o2)cc1. The number of unbranched alkanes of at least 4 members (excludes halogenated alkanes) is 1. The third-order valence-electron chi connectivity index (χ3n) is 4.83. The van der Waals surface area contributed by atoms with Gasteiger partial charge in [-0.3, -0.25) is 4.79 Å². The smallest absolute Gasteiger partial charge is 0.231 e.